The van der Waals surface area contributed by atoms with E-state index in [2.05, 4.69) is 15.0 Å². The fourth-order valence-corrected chi connectivity index (χ4v) is 4.29. The highest BCUT2D eigenvalue weighted by Gasteiger charge is 2.18. The number of anilines is 1. The molecule has 11 heteroatoms. The van der Waals surface area contributed by atoms with Crippen LogP contribution in [0.5, 0.6) is 11.5 Å². The molecule has 0 unspecified atom stereocenters. The van der Waals surface area contributed by atoms with Crippen LogP contribution in [-0.2, 0) is 13.0 Å². The average Bonchev–Trinajstić information content (AvgIpc) is 3.16. The van der Waals surface area contributed by atoms with Crippen LogP contribution < -0.4 is 15.2 Å². The second-order valence-corrected chi connectivity index (χ2v) is 7.78. The molecule has 2 heterocycles. The van der Waals surface area contributed by atoms with E-state index < -0.39 is 4.92 Å². The number of ether oxygens (including phenoxy) is 2. The van der Waals surface area contributed by atoms with Crippen LogP contribution in [0, 0.1) is 10.1 Å². The highest BCUT2D eigenvalue weighted by molar-refractivity contribution is 7.99. The Balaban J connectivity index is 1.72. The third-order valence-corrected chi connectivity index (χ3v) is 5.88. The molecule has 2 N–H and O–H groups in total. The molecule has 4 aromatic rings. The van der Waals surface area contributed by atoms with Gasteiger partial charge in [-0.3, -0.25) is 10.1 Å². The first-order valence-electron chi connectivity index (χ1n) is 9.60. The lowest BCUT2D eigenvalue weighted by Gasteiger charge is -2.12. The molecule has 10 nitrogen and oxygen atoms in total. The molecule has 2 aromatic heterocycles. The van der Waals surface area contributed by atoms with E-state index in [1.165, 1.54) is 24.2 Å². The summed E-state index contributed by atoms with van der Waals surface area (Å²) in [6.45, 7) is 0.489. The zero-order valence-electron chi connectivity index (χ0n) is 17.4. The SMILES string of the molecule is COc1ccc(OC)c(Sc2nc3c(N)ncnc3n2CCc2cccc([N+](=O)[O-])c2)c1. The summed E-state index contributed by atoms with van der Waals surface area (Å²) in [6.07, 6.45) is 1.93. The number of hydrogen-bond donors (Lipinski definition) is 1. The molecule has 0 amide bonds. The molecule has 164 valence electrons. The van der Waals surface area contributed by atoms with E-state index in [1.54, 1.807) is 26.4 Å². The van der Waals surface area contributed by atoms with Crippen molar-refractivity contribution >= 4 is 34.4 Å². The number of fused-ring (bicyclic) bond motifs is 1. The van der Waals surface area contributed by atoms with Gasteiger partial charge in [-0.2, -0.15) is 0 Å². The number of nitro benzene ring substituents is 1. The summed E-state index contributed by atoms with van der Waals surface area (Å²) in [6, 6.07) is 12.1. The second-order valence-electron chi connectivity index (χ2n) is 6.77. The van der Waals surface area contributed by atoms with Gasteiger partial charge in [0.2, 0.25) is 0 Å². The fourth-order valence-electron chi connectivity index (χ4n) is 3.24. The van der Waals surface area contributed by atoms with Gasteiger partial charge >= 0.3 is 0 Å². The molecule has 0 atom stereocenters. The molecule has 0 saturated carbocycles. The predicted octanol–water partition coefficient (Wildman–Crippen LogP) is 3.73. The molecular formula is C21H20N6O4S. The molecule has 0 aliphatic heterocycles. The number of nitrogen functional groups attached to an aromatic ring is 1. The molecule has 32 heavy (non-hydrogen) atoms. The quantitative estimate of drug-likeness (QED) is 0.314. The number of methoxy groups -OCH3 is 2. The number of non-ortho nitro benzene ring substituents is 1. The maximum Gasteiger partial charge on any atom is 0.269 e. The lowest BCUT2D eigenvalue weighted by Crippen LogP contribution is -2.05. The van der Waals surface area contributed by atoms with Crippen molar-refractivity contribution in [3.63, 3.8) is 0 Å². The van der Waals surface area contributed by atoms with E-state index in [0.29, 0.717) is 40.8 Å². The van der Waals surface area contributed by atoms with Crippen molar-refractivity contribution < 1.29 is 14.4 Å². The summed E-state index contributed by atoms with van der Waals surface area (Å²) in [5, 5.41) is 11.7. The van der Waals surface area contributed by atoms with E-state index in [-0.39, 0.29) is 11.5 Å². The monoisotopic (exact) mass is 452 g/mol. The first kappa shape index (κ1) is 21.4. The van der Waals surface area contributed by atoms with Crippen molar-refractivity contribution in [1.82, 2.24) is 19.5 Å². The Bertz CT molecular complexity index is 1290. The van der Waals surface area contributed by atoms with Gasteiger partial charge in [-0.25, -0.2) is 15.0 Å². The molecule has 4 rings (SSSR count). The molecule has 0 spiro atoms. The summed E-state index contributed by atoms with van der Waals surface area (Å²) < 4.78 is 12.8. The van der Waals surface area contributed by atoms with Crippen LogP contribution in [0.1, 0.15) is 5.56 Å². The third kappa shape index (κ3) is 4.28. The van der Waals surface area contributed by atoms with Crippen molar-refractivity contribution in [1.29, 1.82) is 0 Å². The Kier molecular flexibility index (Phi) is 6.08. The number of aromatic nitrogens is 4. The van der Waals surface area contributed by atoms with E-state index in [0.717, 1.165) is 10.5 Å². The topological polar surface area (TPSA) is 131 Å². The van der Waals surface area contributed by atoms with Crippen LogP contribution in [0.3, 0.4) is 0 Å². The van der Waals surface area contributed by atoms with Gasteiger partial charge in [-0.05, 0) is 41.9 Å². The molecule has 0 radical (unpaired) electrons. The minimum atomic E-state index is -0.402. The Morgan fingerprint density at radius 1 is 1.16 bits per heavy atom. The van der Waals surface area contributed by atoms with E-state index in [4.69, 9.17) is 15.2 Å². The number of imidazole rings is 1. The lowest BCUT2D eigenvalue weighted by atomic mass is 10.1. The Labute approximate surface area is 187 Å². The number of benzene rings is 2. The normalized spacial score (nSPS) is 10.9. The molecule has 2 aromatic carbocycles. The van der Waals surface area contributed by atoms with Gasteiger partial charge in [0.05, 0.1) is 24.0 Å². The number of nitrogens with zero attached hydrogens (tertiary/aromatic N) is 5. The fraction of sp³-hybridized carbons (Fsp3) is 0.190. The van der Waals surface area contributed by atoms with Gasteiger partial charge in [0.25, 0.3) is 5.69 Å². The van der Waals surface area contributed by atoms with Gasteiger partial charge in [-0.1, -0.05) is 12.1 Å². The largest absolute Gasteiger partial charge is 0.497 e. The van der Waals surface area contributed by atoms with Crippen LogP contribution >= 0.6 is 11.8 Å². The van der Waals surface area contributed by atoms with Gasteiger partial charge in [0.15, 0.2) is 22.1 Å². The van der Waals surface area contributed by atoms with Crippen LogP contribution in [-0.4, -0.2) is 38.7 Å². The summed E-state index contributed by atoms with van der Waals surface area (Å²) in [5.74, 6) is 1.64. The van der Waals surface area contributed by atoms with E-state index in [1.807, 2.05) is 28.8 Å². The summed E-state index contributed by atoms with van der Waals surface area (Å²) >= 11 is 1.39. The van der Waals surface area contributed by atoms with Crippen LogP contribution in [0.4, 0.5) is 11.5 Å². The number of rotatable bonds is 8. The first-order valence-corrected chi connectivity index (χ1v) is 10.4. The van der Waals surface area contributed by atoms with Crippen LogP contribution in [0.2, 0.25) is 0 Å². The summed E-state index contributed by atoms with van der Waals surface area (Å²) in [4.78, 5) is 24.6. The molecule has 0 saturated heterocycles. The lowest BCUT2D eigenvalue weighted by molar-refractivity contribution is -0.384. The average molecular weight is 452 g/mol. The van der Waals surface area contributed by atoms with Crippen molar-refractivity contribution in [2.45, 2.75) is 23.0 Å². The van der Waals surface area contributed by atoms with Gasteiger partial charge in [0, 0.05) is 18.7 Å². The Hall–Kier alpha value is -3.86. The Morgan fingerprint density at radius 2 is 2.00 bits per heavy atom. The molecule has 0 bridgehead atoms. The van der Waals surface area contributed by atoms with Gasteiger partial charge in [0.1, 0.15) is 17.8 Å². The predicted molar refractivity (Wildman–Crippen MR) is 120 cm³/mol. The number of hydrogen-bond acceptors (Lipinski definition) is 9. The van der Waals surface area contributed by atoms with Crippen LogP contribution in [0.15, 0.2) is 58.8 Å². The van der Waals surface area contributed by atoms with Gasteiger partial charge in [-0.15, -0.1) is 0 Å². The minimum Gasteiger partial charge on any atom is -0.497 e. The zero-order valence-corrected chi connectivity index (χ0v) is 18.2. The van der Waals surface area contributed by atoms with Crippen LogP contribution in [0.25, 0.3) is 11.2 Å². The minimum absolute atomic E-state index is 0.0558. The van der Waals surface area contributed by atoms with Crippen molar-refractivity contribution in [3.05, 3.63) is 64.5 Å². The maximum atomic E-state index is 11.1. The molecular weight excluding hydrogens is 432 g/mol. The Morgan fingerprint density at radius 3 is 2.75 bits per heavy atom. The van der Waals surface area contributed by atoms with Crippen molar-refractivity contribution in [2.75, 3.05) is 20.0 Å². The molecule has 0 aliphatic rings. The number of nitrogens with two attached hydrogens (primary N) is 1. The number of aryl methyl sites for hydroxylation is 2. The molecule has 0 aliphatic carbocycles. The smallest absolute Gasteiger partial charge is 0.269 e. The second kappa shape index (κ2) is 9.10. The van der Waals surface area contributed by atoms with E-state index in [9.17, 15) is 10.1 Å². The van der Waals surface area contributed by atoms with Gasteiger partial charge < -0.3 is 19.8 Å². The highest BCUT2D eigenvalue weighted by atomic mass is 32.2. The van der Waals surface area contributed by atoms with Crippen molar-refractivity contribution in [2.24, 2.45) is 0 Å². The summed E-state index contributed by atoms with van der Waals surface area (Å²) in [5.41, 5.74) is 8.01. The molecule has 0 fully saturated rings. The van der Waals surface area contributed by atoms with Crippen molar-refractivity contribution in [3.8, 4) is 11.5 Å². The third-order valence-electron chi connectivity index (χ3n) is 4.84. The maximum absolute atomic E-state index is 11.1. The zero-order chi connectivity index (χ0) is 22.7. The first-order chi connectivity index (χ1) is 15.5. The standard InChI is InChI=1S/C21H20N6O4S/c1-30-15-6-7-16(31-2)17(11-15)32-21-25-18-19(22)23-12-24-20(18)26(21)9-8-13-4-3-5-14(10-13)27(28)29/h3-7,10-12H,8-9H2,1-2H3,(H2,22,23,24). The number of nitro groups is 1. The highest BCUT2D eigenvalue weighted by Crippen LogP contribution is 2.38. The van der Waals surface area contributed by atoms with E-state index >= 15 is 0 Å². The summed E-state index contributed by atoms with van der Waals surface area (Å²) in [7, 11) is 3.20.